The first-order valence-corrected chi connectivity index (χ1v) is 14.0. The molecule has 1 aromatic rings. The maximum absolute atomic E-state index is 13.2. The fourth-order valence-corrected chi connectivity index (χ4v) is 5.98. The lowest BCUT2D eigenvalue weighted by molar-refractivity contribution is -0.133. The molecule has 2 aliphatic carbocycles. The number of hydroxylamine groups is 1. The Morgan fingerprint density at radius 3 is 1.84 bits per heavy atom. The van der Waals surface area contributed by atoms with E-state index in [1.807, 2.05) is 20.8 Å². The average molecular weight is 529 g/mol. The molecule has 0 heterocycles. The van der Waals surface area contributed by atoms with Gasteiger partial charge in [-0.3, -0.25) is 24.4 Å². The second kappa shape index (κ2) is 13.7. The summed E-state index contributed by atoms with van der Waals surface area (Å²) in [5.74, 6) is -2.06. The van der Waals surface area contributed by atoms with Crippen molar-refractivity contribution < 1.29 is 24.4 Å². The maximum Gasteiger partial charge on any atom is 0.243 e. The number of nitrogens with one attached hydrogen (secondary N) is 4. The zero-order chi connectivity index (χ0) is 27.7. The molecule has 5 N–H and O–H groups in total. The molecular formula is C29H44N4O5. The highest BCUT2D eigenvalue weighted by Crippen LogP contribution is 2.31. The van der Waals surface area contributed by atoms with Crippen molar-refractivity contribution in [1.29, 1.82) is 0 Å². The summed E-state index contributed by atoms with van der Waals surface area (Å²) in [6.45, 7) is 5.86. The van der Waals surface area contributed by atoms with Gasteiger partial charge in [-0.25, -0.2) is 5.48 Å². The van der Waals surface area contributed by atoms with Gasteiger partial charge in [0.2, 0.25) is 23.6 Å². The summed E-state index contributed by atoms with van der Waals surface area (Å²) >= 11 is 0. The highest BCUT2D eigenvalue weighted by molar-refractivity contribution is 6.06. The molecule has 0 bridgehead atoms. The third kappa shape index (κ3) is 9.11. The molecule has 4 amide bonds. The molecule has 2 fully saturated rings. The largest absolute Gasteiger partial charge is 0.352 e. The van der Waals surface area contributed by atoms with E-state index in [0.717, 1.165) is 51.4 Å². The predicted octanol–water partition coefficient (Wildman–Crippen LogP) is 4.16. The van der Waals surface area contributed by atoms with Gasteiger partial charge in [-0.1, -0.05) is 58.6 Å². The molecule has 1 atom stereocenters. The summed E-state index contributed by atoms with van der Waals surface area (Å²) in [5.41, 5.74) is 2.50. The van der Waals surface area contributed by atoms with Gasteiger partial charge in [0.1, 0.15) is 5.92 Å². The third-order valence-corrected chi connectivity index (χ3v) is 7.65. The Balaban J connectivity index is 1.62. The minimum Gasteiger partial charge on any atom is -0.352 e. The molecule has 0 saturated heterocycles. The standard InChI is InChI=1S/C29H44N4O5/c1-19(16-24(34)33-38)17-29(2,3)18-25(35)30-23-14-12-20(13-15-23)26(27(36)31-21-8-4-5-9-21)28(37)32-22-10-6-7-11-22/h12-15,19,21-22,26,38H,4-11,16-18H2,1-3H3,(H,30,35)(H,31,36)(H,32,37)(H,33,34). The van der Waals surface area contributed by atoms with E-state index in [2.05, 4.69) is 16.0 Å². The molecule has 9 nitrogen and oxygen atoms in total. The summed E-state index contributed by atoms with van der Waals surface area (Å²) in [4.78, 5) is 50.6. The number of amides is 4. The van der Waals surface area contributed by atoms with Gasteiger partial charge in [-0.2, -0.15) is 0 Å². The van der Waals surface area contributed by atoms with Crippen molar-refractivity contribution in [1.82, 2.24) is 16.1 Å². The van der Waals surface area contributed by atoms with Crippen LogP contribution in [0.1, 0.15) is 103 Å². The van der Waals surface area contributed by atoms with Gasteiger partial charge in [0.05, 0.1) is 0 Å². The third-order valence-electron chi connectivity index (χ3n) is 7.65. The summed E-state index contributed by atoms with van der Waals surface area (Å²) < 4.78 is 0. The summed E-state index contributed by atoms with van der Waals surface area (Å²) in [7, 11) is 0. The molecule has 0 aromatic heterocycles. The Bertz CT molecular complexity index is 936. The summed E-state index contributed by atoms with van der Waals surface area (Å²) in [6, 6.07) is 7.17. The second-order valence-electron chi connectivity index (χ2n) is 12.0. The SMILES string of the molecule is CC(CC(=O)NO)CC(C)(C)CC(=O)Nc1ccc(C(C(=O)NC2CCCC2)C(=O)NC2CCCC2)cc1. The molecule has 2 aliphatic rings. The Hall–Kier alpha value is -2.94. The van der Waals surface area contributed by atoms with Crippen molar-refractivity contribution in [3.63, 3.8) is 0 Å². The molecule has 38 heavy (non-hydrogen) atoms. The van der Waals surface area contributed by atoms with E-state index >= 15 is 0 Å². The first-order chi connectivity index (χ1) is 18.1. The normalized spacial score (nSPS) is 17.3. The molecule has 0 aliphatic heterocycles. The Labute approximate surface area is 225 Å². The first-order valence-electron chi connectivity index (χ1n) is 14.0. The van der Waals surface area contributed by atoms with Gasteiger partial charge >= 0.3 is 0 Å². The summed E-state index contributed by atoms with van der Waals surface area (Å²) in [6.07, 6.45) is 9.21. The highest BCUT2D eigenvalue weighted by atomic mass is 16.5. The van der Waals surface area contributed by atoms with Crippen LogP contribution in [-0.2, 0) is 19.2 Å². The molecule has 2 saturated carbocycles. The smallest absolute Gasteiger partial charge is 0.243 e. The zero-order valence-corrected chi connectivity index (χ0v) is 23.0. The minimum atomic E-state index is -0.933. The quantitative estimate of drug-likeness (QED) is 0.158. The second-order valence-corrected chi connectivity index (χ2v) is 12.0. The van der Waals surface area contributed by atoms with Gasteiger partial charge in [0, 0.05) is 30.6 Å². The van der Waals surface area contributed by atoms with Crippen molar-refractivity contribution in [3.8, 4) is 0 Å². The number of anilines is 1. The van der Waals surface area contributed by atoms with E-state index in [-0.39, 0.29) is 54.0 Å². The van der Waals surface area contributed by atoms with Crippen molar-refractivity contribution in [2.75, 3.05) is 5.32 Å². The fourth-order valence-electron chi connectivity index (χ4n) is 5.98. The van der Waals surface area contributed by atoms with E-state index in [1.54, 1.807) is 29.7 Å². The fraction of sp³-hybridized carbons (Fsp3) is 0.655. The van der Waals surface area contributed by atoms with Crippen LogP contribution < -0.4 is 21.4 Å². The Morgan fingerprint density at radius 2 is 1.37 bits per heavy atom. The number of carbonyl (C=O) groups excluding carboxylic acids is 4. The molecule has 1 aromatic carbocycles. The molecular weight excluding hydrogens is 484 g/mol. The number of hydrogen-bond acceptors (Lipinski definition) is 5. The highest BCUT2D eigenvalue weighted by Gasteiger charge is 2.33. The predicted molar refractivity (Wildman–Crippen MR) is 145 cm³/mol. The molecule has 0 spiro atoms. The molecule has 3 rings (SSSR count). The monoisotopic (exact) mass is 528 g/mol. The van der Waals surface area contributed by atoms with Gasteiger partial charge in [-0.15, -0.1) is 0 Å². The van der Waals surface area contributed by atoms with Crippen LogP contribution in [-0.4, -0.2) is 40.9 Å². The van der Waals surface area contributed by atoms with Gasteiger partial charge in [-0.05, 0) is 61.1 Å². The van der Waals surface area contributed by atoms with Crippen molar-refractivity contribution in [2.45, 2.75) is 109 Å². The number of benzene rings is 1. The molecule has 1 unspecified atom stereocenters. The average Bonchev–Trinajstić information content (AvgIpc) is 3.53. The van der Waals surface area contributed by atoms with Crippen LogP contribution in [0, 0.1) is 11.3 Å². The molecule has 0 radical (unpaired) electrons. The zero-order valence-electron chi connectivity index (χ0n) is 23.0. The van der Waals surface area contributed by atoms with Crippen LogP contribution in [0.5, 0.6) is 0 Å². The lowest BCUT2D eigenvalue weighted by atomic mass is 9.79. The van der Waals surface area contributed by atoms with Gasteiger partial charge < -0.3 is 16.0 Å². The van der Waals surface area contributed by atoms with Crippen LogP contribution in [0.15, 0.2) is 24.3 Å². The lowest BCUT2D eigenvalue weighted by Crippen LogP contribution is -2.45. The minimum absolute atomic E-state index is 0.00641. The number of hydrogen-bond donors (Lipinski definition) is 5. The number of carbonyl (C=O) groups is 4. The maximum atomic E-state index is 13.2. The van der Waals surface area contributed by atoms with Crippen LogP contribution in [0.3, 0.4) is 0 Å². The van der Waals surface area contributed by atoms with Crippen LogP contribution in [0.4, 0.5) is 5.69 Å². The van der Waals surface area contributed by atoms with E-state index in [4.69, 9.17) is 5.21 Å². The van der Waals surface area contributed by atoms with E-state index in [9.17, 15) is 19.2 Å². The van der Waals surface area contributed by atoms with Gasteiger partial charge in [0.15, 0.2) is 0 Å². The van der Waals surface area contributed by atoms with Crippen LogP contribution in [0.2, 0.25) is 0 Å². The van der Waals surface area contributed by atoms with E-state index in [0.29, 0.717) is 17.7 Å². The Morgan fingerprint density at radius 1 is 0.868 bits per heavy atom. The number of rotatable bonds is 12. The first kappa shape index (κ1) is 29.6. The molecule has 210 valence electrons. The van der Waals surface area contributed by atoms with Crippen molar-refractivity contribution in [3.05, 3.63) is 29.8 Å². The topological polar surface area (TPSA) is 137 Å². The van der Waals surface area contributed by atoms with Crippen LogP contribution >= 0.6 is 0 Å². The van der Waals surface area contributed by atoms with Gasteiger partial charge in [0.25, 0.3) is 0 Å². The van der Waals surface area contributed by atoms with Crippen molar-refractivity contribution in [2.24, 2.45) is 11.3 Å². The summed E-state index contributed by atoms with van der Waals surface area (Å²) in [5, 5.41) is 17.8. The van der Waals surface area contributed by atoms with E-state index < -0.39 is 11.8 Å². The van der Waals surface area contributed by atoms with Crippen LogP contribution in [0.25, 0.3) is 0 Å². The molecule has 9 heteroatoms. The lowest BCUT2D eigenvalue weighted by Gasteiger charge is -2.27. The Kier molecular flexibility index (Phi) is 10.7. The van der Waals surface area contributed by atoms with Crippen molar-refractivity contribution >= 4 is 29.3 Å². The van der Waals surface area contributed by atoms with E-state index in [1.165, 1.54) is 0 Å².